The second-order valence-corrected chi connectivity index (χ2v) is 5.60. The zero-order valence-corrected chi connectivity index (χ0v) is 12.4. The minimum atomic E-state index is -0.0564. The molecule has 5 heteroatoms. The highest BCUT2D eigenvalue weighted by atomic mass is 16.5. The van der Waals surface area contributed by atoms with Gasteiger partial charge in [0.1, 0.15) is 12.4 Å². The van der Waals surface area contributed by atoms with Crippen molar-refractivity contribution >= 4 is 5.91 Å². The van der Waals surface area contributed by atoms with Gasteiger partial charge < -0.3 is 20.1 Å². The summed E-state index contributed by atoms with van der Waals surface area (Å²) in [6.07, 6.45) is 2.24. The topological polar surface area (TPSA) is 59.6 Å². The van der Waals surface area contributed by atoms with E-state index < -0.39 is 0 Å². The van der Waals surface area contributed by atoms with Crippen LogP contribution in [0, 0.1) is 5.92 Å². The molecule has 0 aliphatic carbocycles. The second-order valence-electron chi connectivity index (χ2n) is 5.60. The Morgan fingerprint density at radius 2 is 2.29 bits per heavy atom. The monoisotopic (exact) mass is 290 g/mol. The highest BCUT2D eigenvalue weighted by molar-refractivity contribution is 5.97. The number of benzene rings is 1. The lowest BCUT2D eigenvalue weighted by Crippen LogP contribution is -2.31. The molecule has 0 radical (unpaired) electrons. The van der Waals surface area contributed by atoms with E-state index in [0.717, 1.165) is 31.6 Å². The van der Waals surface area contributed by atoms with Gasteiger partial charge in [-0.1, -0.05) is 6.07 Å². The fourth-order valence-corrected chi connectivity index (χ4v) is 3.17. The molecule has 0 saturated carbocycles. The molecule has 1 amide bonds. The minimum Gasteiger partial charge on any atom is -0.491 e. The molecule has 1 aromatic carbocycles. The molecule has 2 atom stereocenters. The first-order chi connectivity index (χ1) is 10.3. The average Bonchev–Trinajstić information content (AvgIpc) is 2.71. The van der Waals surface area contributed by atoms with Gasteiger partial charge in [-0.15, -0.1) is 0 Å². The predicted molar refractivity (Wildman–Crippen MR) is 79.6 cm³/mol. The Balaban J connectivity index is 1.88. The molecule has 3 rings (SSSR count). The Morgan fingerprint density at radius 3 is 3.05 bits per heavy atom. The van der Waals surface area contributed by atoms with Crippen molar-refractivity contribution in [1.82, 2.24) is 10.6 Å². The average molecular weight is 290 g/mol. The molecule has 0 spiro atoms. The van der Waals surface area contributed by atoms with E-state index in [-0.39, 0.29) is 11.9 Å². The van der Waals surface area contributed by atoms with E-state index in [9.17, 15) is 4.79 Å². The molecule has 114 valence electrons. The Hall–Kier alpha value is -1.59. The number of nitrogens with one attached hydrogen (secondary N) is 2. The van der Waals surface area contributed by atoms with Crippen LogP contribution in [0.2, 0.25) is 0 Å². The fourth-order valence-electron chi connectivity index (χ4n) is 3.17. The van der Waals surface area contributed by atoms with Crippen LogP contribution in [0.5, 0.6) is 5.75 Å². The Morgan fingerprint density at radius 1 is 1.38 bits per heavy atom. The zero-order valence-electron chi connectivity index (χ0n) is 12.4. The van der Waals surface area contributed by atoms with Gasteiger partial charge in [0, 0.05) is 18.6 Å². The molecular weight excluding hydrogens is 268 g/mol. The highest BCUT2D eigenvalue weighted by Crippen LogP contribution is 2.31. The predicted octanol–water partition coefficient (Wildman–Crippen LogP) is 1.50. The molecule has 2 aliphatic heterocycles. The first kappa shape index (κ1) is 14.4. The van der Waals surface area contributed by atoms with Crippen LogP contribution in [-0.2, 0) is 4.74 Å². The number of amides is 1. The summed E-state index contributed by atoms with van der Waals surface area (Å²) in [5, 5.41) is 6.23. The number of hydrogen-bond acceptors (Lipinski definition) is 4. The van der Waals surface area contributed by atoms with E-state index in [4.69, 9.17) is 9.47 Å². The van der Waals surface area contributed by atoms with E-state index in [0.29, 0.717) is 30.4 Å². The molecule has 2 heterocycles. The number of hydrogen-bond donors (Lipinski definition) is 2. The molecule has 21 heavy (non-hydrogen) atoms. The van der Waals surface area contributed by atoms with Crippen molar-refractivity contribution < 1.29 is 14.3 Å². The molecule has 2 unspecified atom stereocenters. The van der Waals surface area contributed by atoms with Crippen molar-refractivity contribution in [3.05, 3.63) is 29.3 Å². The lowest BCUT2D eigenvalue weighted by atomic mass is 9.88. The molecule has 2 aliphatic rings. The molecule has 0 aromatic heterocycles. The van der Waals surface area contributed by atoms with Crippen LogP contribution in [0.3, 0.4) is 0 Å². The zero-order chi connectivity index (χ0) is 14.7. The lowest BCUT2D eigenvalue weighted by molar-refractivity contribution is 0.0402. The van der Waals surface area contributed by atoms with Crippen molar-refractivity contribution in [3.8, 4) is 5.75 Å². The number of ether oxygens (including phenoxy) is 2. The van der Waals surface area contributed by atoms with Gasteiger partial charge in [-0.05, 0) is 37.6 Å². The van der Waals surface area contributed by atoms with Gasteiger partial charge in [0.2, 0.25) is 0 Å². The SMILES string of the molecule is CNC(c1ccc2c(c1)C(=O)NCCO2)C1CCCOC1. The van der Waals surface area contributed by atoms with Gasteiger partial charge in [-0.2, -0.15) is 0 Å². The maximum absolute atomic E-state index is 12.1. The first-order valence-corrected chi connectivity index (χ1v) is 7.59. The van der Waals surface area contributed by atoms with E-state index in [1.807, 2.05) is 25.2 Å². The summed E-state index contributed by atoms with van der Waals surface area (Å²) >= 11 is 0. The number of carbonyl (C=O) groups excluding carboxylic acids is 1. The van der Waals surface area contributed by atoms with Gasteiger partial charge in [0.05, 0.1) is 18.7 Å². The van der Waals surface area contributed by atoms with Crippen molar-refractivity contribution in [1.29, 1.82) is 0 Å². The van der Waals surface area contributed by atoms with E-state index in [1.165, 1.54) is 0 Å². The Bertz CT molecular complexity index is 512. The van der Waals surface area contributed by atoms with Crippen LogP contribution >= 0.6 is 0 Å². The van der Waals surface area contributed by atoms with Crippen LogP contribution in [0.1, 0.15) is 34.8 Å². The van der Waals surface area contributed by atoms with Gasteiger partial charge >= 0.3 is 0 Å². The molecule has 1 aromatic rings. The summed E-state index contributed by atoms with van der Waals surface area (Å²) < 4.78 is 11.2. The largest absolute Gasteiger partial charge is 0.491 e. The number of rotatable bonds is 3. The van der Waals surface area contributed by atoms with Crippen LogP contribution < -0.4 is 15.4 Å². The molecule has 0 bridgehead atoms. The maximum atomic E-state index is 12.1. The normalized spacial score (nSPS) is 23.5. The van der Waals surface area contributed by atoms with Gasteiger partial charge in [-0.25, -0.2) is 0 Å². The summed E-state index contributed by atoms with van der Waals surface area (Å²) in [5.41, 5.74) is 1.74. The third-order valence-electron chi connectivity index (χ3n) is 4.23. The Kier molecular flexibility index (Phi) is 4.41. The van der Waals surface area contributed by atoms with Crippen molar-refractivity contribution in [2.75, 3.05) is 33.4 Å². The second kappa shape index (κ2) is 6.45. The molecule has 1 saturated heterocycles. The van der Waals surface area contributed by atoms with Crippen LogP contribution in [-0.4, -0.2) is 39.3 Å². The van der Waals surface area contributed by atoms with Crippen LogP contribution in [0.4, 0.5) is 0 Å². The first-order valence-electron chi connectivity index (χ1n) is 7.59. The van der Waals surface area contributed by atoms with Gasteiger partial charge in [0.25, 0.3) is 5.91 Å². The Labute approximate surface area is 125 Å². The summed E-state index contributed by atoms with van der Waals surface area (Å²) in [6.45, 7) is 2.69. The van der Waals surface area contributed by atoms with Crippen molar-refractivity contribution in [2.45, 2.75) is 18.9 Å². The third-order valence-corrected chi connectivity index (χ3v) is 4.23. The van der Waals surface area contributed by atoms with Crippen molar-refractivity contribution in [2.24, 2.45) is 5.92 Å². The minimum absolute atomic E-state index is 0.0564. The summed E-state index contributed by atoms with van der Waals surface area (Å²) in [5.74, 6) is 1.05. The maximum Gasteiger partial charge on any atom is 0.255 e. The molecule has 2 N–H and O–H groups in total. The summed E-state index contributed by atoms with van der Waals surface area (Å²) in [7, 11) is 1.96. The summed E-state index contributed by atoms with van der Waals surface area (Å²) in [4.78, 5) is 12.1. The van der Waals surface area contributed by atoms with E-state index in [1.54, 1.807) is 0 Å². The molecule has 5 nitrogen and oxygen atoms in total. The van der Waals surface area contributed by atoms with Crippen LogP contribution in [0.15, 0.2) is 18.2 Å². The van der Waals surface area contributed by atoms with E-state index in [2.05, 4.69) is 10.6 Å². The highest BCUT2D eigenvalue weighted by Gasteiger charge is 2.26. The quantitative estimate of drug-likeness (QED) is 0.885. The summed E-state index contributed by atoms with van der Waals surface area (Å²) in [6, 6.07) is 6.11. The molecular formula is C16H22N2O3. The van der Waals surface area contributed by atoms with Crippen molar-refractivity contribution in [3.63, 3.8) is 0 Å². The van der Waals surface area contributed by atoms with Gasteiger partial charge in [0.15, 0.2) is 0 Å². The van der Waals surface area contributed by atoms with Gasteiger partial charge in [-0.3, -0.25) is 4.79 Å². The smallest absolute Gasteiger partial charge is 0.255 e. The standard InChI is InChI=1S/C16H22N2O3/c1-17-15(12-3-2-7-20-10-12)11-4-5-14-13(9-11)16(19)18-6-8-21-14/h4-5,9,12,15,17H,2-3,6-8,10H2,1H3,(H,18,19). The number of carbonyl (C=O) groups is 1. The third kappa shape index (κ3) is 3.04. The van der Waals surface area contributed by atoms with E-state index >= 15 is 0 Å². The van der Waals surface area contributed by atoms with Crippen LogP contribution in [0.25, 0.3) is 0 Å². The molecule has 1 fully saturated rings. The fraction of sp³-hybridized carbons (Fsp3) is 0.562. The number of fused-ring (bicyclic) bond motifs is 1. The lowest BCUT2D eigenvalue weighted by Gasteiger charge is -2.30.